The molecule has 0 saturated carbocycles. The third-order valence-electron chi connectivity index (χ3n) is 3.03. The fourth-order valence-electron chi connectivity index (χ4n) is 2.29. The van der Waals surface area contributed by atoms with Gasteiger partial charge in [-0.05, 0) is 31.4 Å². The first-order valence-electron chi connectivity index (χ1n) is 5.81. The summed E-state index contributed by atoms with van der Waals surface area (Å²) in [6.45, 7) is 2.76. The van der Waals surface area contributed by atoms with E-state index in [1.54, 1.807) is 6.08 Å². The molecule has 16 heavy (non-hydrogen) atoms. The highest BCUT2D eigenvalue weighted by Crippen LogP contribution is 2.31. The van der Waals surface area contributed by atoms with Crippen LogP contribution in [0.1, 0.15) is 31.4 Å². The molecule has 1 aliphatic rings. The van der Waals surface area contributed by atoms with Crippen molar-refractivity contribution in [1.82, 2.24) is 4.90 Å². The zero-order valence-electron chi connectivity index (χ0n) is 9.60. The maximum absolute atomic E-state index is 11.9. The number of carbonyl (C=O) groups is 1. The van der Waals surface area contributed by atoms with Crippen LogP contribution >= 0.6 is 0 Å². The number of rotatable bonds is 2. The summed E-state index contributed by atoms with van der Waals surface area (Å²) in [5.41, 5.74) is 1.25. The SMILES string of the molecule is CC=CC(=O)N1CCCC1c1ccccc1. The largest absolute Gasteiger partial charge is 0.332 e. The first kappa shape index (κ1) is 10.9. The zero-order valence-corrected chi connectivity index (χ0v) is 9.60. The molecular formula is C14H17NO. The molecule has 1 aromatic rings. The summed E-state index contributed by atoms with van der Waals surface area (Å²) in [4.78, 5) is 13.8. The van der Waals surface area contributed by atoms with Crippen molar-refractivity contribution in [1.29, 1.82) is 0 Å². The van der Waals surface area contributed by atoms with Gasteiger partial charge in [-0.25, -0.2) is 0 Å². The van der Waals surface area contributed by atoms with Crippen LogP contribution in [-0.2, 0) is 4.79 Å². The smallest absolute Gasteiger partial charge is 0.246 e. The zero-order chi connectivity index (χ0) is 11.4. The lowest BCUT2D eigenvalue weighted by molar-refractivity contribution is -0.126. The van der Waals surface area contributed by atoms with Gasteiger partial charge >= 0.3 is 0 Å². The standard InChI is InChI=1S/C14H17NO/c1-2-7-14(16)15-11-6-10-13(15)12-8-4-3-5-9-12/h2-5,7-9,13H,6,10-11H2,1H3. The Hall–Kier alpha value is -1.57. The Bertz CT molecular complexity index is 383. The van der Waals surface area contributed by atoms with Gasteiger partial charge in [-0.2, -0.15) is 0 Å². The molecule has 1 aliphatic heterocycles. The predicted octanol–water partition coefficient (Wildman–Crippen LogP) is 2.93. The molecule has 0 N–H and O–H groups in total. The summed E-state index contributed by atoms with van der Waals surface area (Å²) in [7, 11) is 0. The molecule has 84 valence electrons. The summed E-state index contributed by atoms with van der Waals surface area (Å²) < 4.78 is 0. The number of carbonyl (C=O) groups excluding carboxylic acids is 1. The Morgan fingerprint density at radius 2 is 2.12 bits per heavy atom. The van der Waals surface area contributed by atoms with Gasteiger partial charge in [-0.1, -0.05) is 36.4 Å². The van der Waals surface area contributed by atoms with Gasteiger partial charge in [0.2, 0.25) is 5.91 Å². The van der Waals surface area contributed by atoms with Crippen molar-refractivity contribution in [3.63, 3.8) is 0 Å². The monoisotopic (exact) mass is 215 g/mol. The van der Waals surface area contributed by atoms with Gasteiger partial charge in [0.05, 0.1) is 6.04 Å². The molecule has 0 radical (unpaired) electrons. The lowest BCUT2D eigenvalue weighted by Gasteiger charge is -2.23. The minimum Gasteiger partial charge on any atom is -0.332 e. The molecule has 1 unspecified atom stereocenters. The molecule has 1 saturated heterocycles. The first-order chi connectivity index (χ1) is 7.83. The normalized spacial score (nSPS) is 20.6. The van der Waals surface area contributed by atoms with Crippen LogP contribution in [0.25, 0.3) is 0 Å². The second-order valence-electron chi connectivity index (χ2n) is 4.10. The molecule has 1 aromatic carbocycles. The van der Waals surface area contributed by atoms with Crippen molar-refractivity contribution in [2.75, 3.05) is 6.54 Å². The molecule has 1 heterocycles. The average molecular weight is 215 g/mol. The second kappa shape index (κ2) is 4.97. The molecule has 2 nitrogen and oxygen atoms in total. The van der Waals surface area contributed by atoms with Crippen molar-refractivity contribution in [2.24, 2.45) is 0 Å². The number of hydrogen-bond acceptors (Lipinski definition) is 1. The molecule has 0 bridgehead atoms. The van der Waals surface area contributed by atoms with Crippen molar-refractivity contribution in [2.45, 2.75) is 25.8 Å². The number of likely N-dealkylation sites (tertiary alicyclic amines) is 1. The van der Waals surface area contributed by atoms with Crippen molar-refractivity contribution in [3.05, 3.63) is 48.0 Å². The van der Waals surface area contributed by atoms with Crippen LogP contribution < -0.4 is 0 Å². The highest BCUT2D eigenvalue weighted by Gasteiger charge is 2.28. The van der Waals surface area contributed by atoms with Crippen LogP contribution in [0.15, 0.2) is 42.5 Å². The topological polar surface area (TPSA) is 20.3 Å². The maximum Gasteiger partial charge on any atom is 0.246 e. The van der Waals surface area contributed by atoms with Crippen LogP contribution in [0.3, 0.4) is 0 Å². The summed E-state index contributed by atoms with van der Waals surface area (Å²) in [6, 6.07) is 10.6. The van der Waals surface area contributed by atoms with E-state index < -0.39 is 0 Å². The summed E-state index contributed by atoms with van der Waals surface area (Å²) in [6.07, 6.45) is 5.64. The fraction of sp³-hybridized carbons (Fsp3) is 0.357. The number of benzene rings is 1. The van der Waals surface area contributed by atoms with Gasteiger partial charge in [0, 0.05) is 6.54 Å². The molecule has 0 aromatic heterocycles. The van der Waals surface area contributed by atoms with E-state index in [1.165, 1.54) is 5.56 Å². The Balaban J connectivity index is 2.18. The first-order valence-corrected chi connectivity index (χ1v) is 5.81. The Kier molecular flexibility index (Phi) is 3.40. The lowest BCUT2D eigenvalue weighted by atomic mass is 10.0. The molecule has 1 amide bonds. The van der Waals surface area contributed by atoms with Crippen molar-refractivity contribution < 1.29 is 4.79 Å². The number of amides is 1. The highest BCUT2D eigenvalue weighted by molar-refractivity contribution is 5.88. The number of nitrogens with zero attached hydrogens (tertiary/aromatic N) is 1. The van der Waals surface area contributed by atoms with Gasteiger partial charge in [-0.15, -0.1) is 0 Å². The van der Waals surface area contributed by atoms with Crippen LogP contribution in [0, 0.1) is 0 Å². The van der Waals surface area contributed by atoms with Crippen molar-refractivity contribution in [3.8, 4) is 0 Å². The van der Waals surface area contributed by atoms with Crippen LogP contribution in [0.5, 0.6) is 0 Å². The minimum atomic E-state index is 0.133. The number of allylic oxidation sites excluding steroid dienone is 1. The van der Waals surface area contributed by atoms with E-state index in [0.29, 0.717) is 0 Å². The highest BCUT2D eigenvalue weighted by atomic mass is 16.2. The fourth-order valence-corrected chi connectivity index (χ4v) is 2.29. The average Bonchev–Trinajstić information content (AvgIpc) is 2.79. The third kappa shape index (κ3) is 2.16. The predicted molar refractivity (Wildman–Crippen MR) is 64.9 cm³/mol. The molecule has 1 fully saturated rings. The van der Waals surface area contributed by atoms with Crippen molar-refractivity contribution >= 4 is 5.91 Å². The molecule has 2 rings (SSSR count). The van der Waals surface area contributed by atoms with E-state index in [1.807, 2.05) is 36.1 Å². The van der Waals surface area contributed by atoms with E-state index in [9.17, 15) is 4.79 Å². The summed E-state index contributed by atoms with van der Waals surface area (Å²) in [5.74, 6) is 0.133. The van der Waals surface area contributed by atoms with E-state index in [2.05, 4.69) is 12.1 Å². The third-order valence-corrected chi connectivity index (χ3v) is 3.03. The van der Waals surface area contributed by atoms with E-state index in [4.69, 9.17) is 0 Å². The molecular weight excluding hydrogens is 198 g/mol. The summed E-state index contributed by atoms with van der Waals surface area (Å²) >= 11 is 0. The van der Waals surface area contributed by atoms with E-state index >= 15 is 0 Å². The Labute approximate surface area is 96.6 Å². The van der Waals surface area contributed by atoms with Gasteiger partial charge < -0.3 is 4.90 Å². The molecule has 0 spiro atoms. The van der Waals surface area contributed by atoms with Gasteiger partial charge in [0.1, 0.15) is 0 Å². The molecule has 0 aliphatic carbocycles. The summed E-state index contributed by atoms with van der Waals surface area (Å²) in [5, 5.41) is 0. The molecule has 1 atom stereocenters. The molecule has 2 heteroatoms. The number of hydrogen-bond donors (Lipinski definition) is 0. The minimum absolute atomic E-state index is 0.133. The van der Waals surface area contributed by atoms with E-state index in [-0.39, 0.29) is 11.9 Å². The maximum atomic E-state index is 11.9. The lowest BCUT2D eigenvalue weighted by Crippen LogP contribution is -2.28. The van der Waals surface area contributed by atoms with Crippen LogP contribution in [0.2, 0.25) is 0 Å². The van der Waals surface area contributed by atoms with Gasteiger partial charge in [0.25, 0.3) is 0 Å². The Morgan fingerprint density at radius 3 is 2.81 bits per heavy atom. The van der Waals surface area contributed by atoms with E-state index in [0.717, 1.165) is 19.4 Å². The quantitative estimate of drug-likeness (QED) is 0.695. The van der Waals surface area contributed by atoms with Gasteiger partial charge in [0.15, 0.2) is 0 Å². The second-order valence-corrected chi connectivity index (χ2v) is 4.10. The van der Waals surface area contributed by atoms with Crippen LogP contribution in [0.4, 0.5) is 0 Å². The van der Waals surface area contributed by atoms with Crippen LogP contribution in [-0.4, -0.2) is 17.4 Å². The Morgan fingerprint density at radius 1 is 1.38 bits per heavy atom. The van der Waals surface area contributed by atoms with Gasteiger partial charge in [-0.3, -0.25) is 4.79 Å².